The van der Waals surface area contributed by atoms with E-state index in [1.807, 2.05) is 12.1 Å². The van der Waals surface area contributed by atoms with Crippen molar-refractivity contribution in [3.8, 4) is 5.75 Å². The molecule has 1 fully saturated rings. The van der Waals surface area contributed by atoms with Crippen LogP contribution in [0.2, 0.25) is 0 Å². The lowest BCUT2D eigenvalue weighted by Crippen LogP contribution is -2.46. The third-order valence-corrected chi connectivity index (χ3v) is 6.16. The maximum absolute atomic E-state index is 12.9. The number of nitrogens with one attached hydrogen (secondary N) is 1. The Bertz CT molecular complexity index is 812. The van der Waals surface area contributed by atoms with Crippen LogP contribution in [0.4, 0.5) is 0 Å². The zero-order valence-electron chi connectivity index (χ0n) is 16.7. The Labute approximate surface area is 167 Å². The molecule has 0 bridgehead atoms. The molecule has 1 atom stereocenters. The molecule has 2 aromatic rings. The minimum atomic E-state index is 0.0276. The number of rotatable bonds is 5. The summed E-state index contributed by atoms with van der Waals surface area (Å²) in [5, 5.41) is 3.35. The average molecular weight is 379 g/mol. The molecule has 1 aliphatic heterocycles. The van der Waals surface area contributed by atoms with Gasteiger partial charge in [-0.15, -0.1) is 0 Å². The molecule has 1 heterocycles. The van der Waals surface area contributed by atoms with E-state index in [2.05, 4.69) is 46.6 Å². The zero-order valence-corrected chi connectivity index (χ0v) is 16.7. The lowest BCUT2D eigenvalue weighted by molar-refractivity contribution is -0.123. The van der Waals surface area contributed by atoms with E-state index in [-0.39, 0.29) is 11.8 Å². The van der Waals surface area contributed by atoms with Crippen LogP contribution in [0.15, 0.2) is 48.5 Å². The van der Waals surface area contributed by atoms with Crippen LogP contribution in [0.5, 0.6) is 5.75 Å². The second kappa shape index (κ2) is 8.78. The van der Waals surface area contributed by atoms with E-state index >= 15 is 0 Å². The van der Waals surface area contributed by atoms with Crippen LogP contribution >= 0.6 is 0 Å². The van der Waals surface area contributed by atoms with Crippen molar-refractivity contribution in [2.45, 2.75) is 50.6 Å². The molecule has 2 aliphatic rings. The molecule has 1 N–H and O–H groups in total. The summed E-state index contributed by atoms with van der Waals surface area (Å²) in [4.78, 5) is 15.4. The van der Waals surface area contributed by atoms with Gasteiger partial charge in [-0.2, -0.15) is 0 Å². The molecule has 28 heavy (non-hydrogen) atoms. The fourth-order valence-corrected chi connectivity index (χ4v) is 4.59. The summed E-state index contributed by atoms with van der Waals surface area (Å²) >= 11 is 0. The van der Waals surface area contributed by atoms with E-state index in [1.165, 1.54) is 16.7 Å². The Balaban J connectivity index is 1.29. The minimum absolute atomic E-state index is 0.0276. The van der Waals surface area contributed by atoms with Gasteiger partial charge in [0.15, 0.2) is 0 Å². The summed E-state index contributed by atoms with van der Waals surface area (Å²) in [6.07, 6.45) is 5.21. The van der Waals surface area contributed by atoms with Crippen molar-refractivity contribution < 1.29 is 9.53 Å². The van der Waals surface area contributed by atoms with Crippen LogP contribution in [0, 0.1) is 0 Å². The Kier molecular flexibility index (Phi) is 5.96. The molecule has 4 heteroatoms. The van der Waals surface area contributed by atoms with E-state index in [9.17, 15) is 4.79 Å². The number of methoxy groups -OCH3 is 1. The lowest BCUT2D eigenvalue weighted by atomic mass is 9.82. The van der Waals surface area contributed by atoms with Gasteiger partial charge in [-0.25, -0.2) is 0 Å². The number of ether oxygens (including phenoxy) is 1. The van der Waals surface area contributed by atoms with Gasteiger partial charge in [-0.3, -0.25) is 9.69 Å². The largest absolute Gasteiger partial charge is 0.497 e. The van der Waals surface area contributed by atoms with Crippen LogP contribution in [0.25, 0.3) is 0 Å². The van der Waals surface area contributed by atoms with Crippen molar-refractivity contribution in [1.82, 2.24) is 10.2 Å². The average Bonchev–Trinajstić information content (AvgIpc) is 2.75. The molecule has 1 aliphatic carbocycles. The Morgan fingerprint density at radius 2 is 1.93 bits per heavy atom. The second-order valence-corrected chi connectivity index (χ2v) is 8.05. The summed E-state index contributed by atoms with van der Waals surface area (Å²) in [5.74, 6) is 1.16. The van der Waals surface area contributed by atoms with Gasteiger partial charge in [0.05, 0.1) is 13.0 Å². The number of likely N-dealkylation sites (tertiary alicyclic amines) is 1. The predicted octanol–water partition coefficient (Wildman–Crippen LogP) is 3.90. The number of carbonyl (C=O) groups is 1. The molecule has 2 aromatic carbocycles. The summed E-state index contributed by atoms with van der Waals surface area (Å²) in [7, 11) is 1.71. The van der Waals surface area contributed by atoms with Gasteiger partial charge in [0.2, 0.25) is 5.91 Å². The van der Waals surface area contributed by atoms with E-state index < -0.39 is 0 Å². The molecular formula is C24H30N2O2. The Morgan fingerprint density at radius 1 is 1.11 bits per heavy atom. The number of hydrogen-bond donors (Lipinski definition) is 1. The molecule has 4 nitrogen and oxygen atoms in total. The third kappa shape index (κ3) is 4.39. The van der Waals surface area contributed by atoms with Crippen LogP contribution in [0.3, 0.4) is 0 Å². The normalized spacial score (nSPS) is 20.4. The summed E-state index contributed by atoms with van der Waals surface area (Å²) in [6, 6.07) is 17.0. The molecule has 4 rings (SSSR count). The standard InChI is InChI=1S/C24H30N2O2/c1-28-21-9-4-6-18(16-21)17-26-14-12-20(13-15-26)25-24(27)23-11-5-8-19-7-2-3-10-22(19)23/h2-4,6-7,9-10,16,20,23H,5,8,11-15,17H2,1H3,(H,25,27)/t23-/m0/s1. The number of aryl methyl sites for hydroxylation is 1. The summed E-state index contributed by atoms with van der Waals surface area (Å²) in [5.41, 5.74) is 3.87. The first-order valence-electron chi connectivity index (χ1n) is 10.5. The molecule has 1 saturated heterocycles. The number of carbonyl (C=O) groups excluding carboxylic acids is 1. The molecular weight excluding hydrogens is 348 g/mol. The first-order valence-corrected chi connectivity index (χ1v) is 10.5. The van der Waals surface area contributed by atoms with Gasteiger partial charge in [0, 0.05) is 25.7 Å². The summed E-state index contributed by atoms with van der Waals surface area (Å²) < 4.78 is 5.32. The van der Waals surface area contributed by atoms with Crippen LogP contribution in [-0.2, 0) is 17.8 Å². The number of hydrogen-bond acceptors (Lipinski definition) is 3. The quantitative estimate of drug-likeness (QED) is 0.858. The van der Waals surface area contributed by atoms with E-state index in [1.54, 1.807) is 7.11 Å². The minimum Gasteiger partial charge on any atom is -0.497 e. The van der Waals surface area contributed by atoms with Crippen LogP contribution in [0.1, 0.15) is 48.3 Å². The van der Waals surface area contributed by atoms with E-state index in [4.69, 9.17) is 4.74 Å². The lowest BCUT2D eigenvalue weighted by Gasteiger charge is -2.34. The number of benzene rings is 2. The molecule has 0 spiro atoms. The Hall–Kier alpha value is -2.33. The topological polar surface area (TPSA) is 41.6 Å². The van der Waals surface area contributed by atoms with Crippen molar-refractivity contribution in [2.75, 3.05) is 20.2 Å². The molecule has 1 amide bonds. The van der Waals surface area contributed by atoms with Crippen LogP contribution < -0.4 is 10.1 Å². The zero-order chi connectivity index (χ0) is 19.3. The maximum atomic E-state index is 12.9. The second-order valence-electron chi connectivity index (χ2n) is 8.05. The molecule has 0 unspecified atom stereocenters. The third-order valence-electron chi connectivity index (χ3n) is 6.16. The molecule has 0 radical (unpaired) electrons. The smallest absolute Gasteiger partial charge is 0.227 e. The van der Waals surface area contributed by atoms with Crippen molar-refractivity contribution in [3.63, 3.8) is 0 Å². The van der Waals surface area contributed by atoms with Crippen molar-refractivity contribution >= 4 is 5.91 Å². The molecule has 0 aromatic heterocycles. The number of fused-ring (bicyclic) bond motifs is 1. The molecule has 148 valence electrons. The molecule has 0 saturated carbocycles. The highest BCUT2D eigenvalue weighted by atomic mass is 16.5. The number of nitrogens with zero attached hydrogens (tertiary/aromatic N) is 1. The predicted molar refractivity (Wildman–Crippen MR) is 112 cm³/mol. The highest BCUT2D eigenvalue weighted by molar-refractivity contribution is 5.84. The highest BCUT2D eigenvalue weighted by Gasteiger charge is 2.28. The van der Waals surface area contributed by atoms with E-state index in [0.29, 0.717) is 6.04 Å². The van der Waals surface area contributed by atoms with E-state index in [0.717, 1.165) is 57.5 Å². The van der Waals surface area contributed by atoms with Gasteiger partial charge in [-0.1, -0.05) is 36.4 Å². The maximum Gasteiger partial charge on any atom is 0.227 e. The van der Waals surface area contributed by atoms with Crippen molar-refractivity contribution in [3.05, 3.63) is 65.2 Å². The Morgan fingerprint density at radius 3 is 2.75 bits per heavy atom. The highest BCUT2D eigenvalue weighted by Crippen LogP contribution is 2.32. The first-order chi connectivity index (χ1) is 13.7. The summed E-state index contributed by atoms with van der Waals surface area (Å²) in [6.45, 7) is 2.97. The monoisotopic (exact) mass is 378 g/mol. The fraction of sp³-hybridized carbons (Fsp3) is 0.458. The van der Waals surface area contributed by atoms with Crippen molar-refractivity contribution in [1.29, 1.82) is 0 Å². The van der Waals surface area contributed by atoms with Gasteiger partial charge in [0.1, 0.15) is 5.75 Å². The fourth-order valence-electron chi connectivity index (χ4n) is 4.59. The number of amides is 1. The van der Waals surface area contributed by atoms with Gasteiger partial charge in [0.25, 0.3) is 0 Å². The van der Waals surface area contributed by atoms with Gasteiger partial charge < -0.3 is 10.1 Å². The van der Waals surface area contributed by atoms with Gasteiger partial charge >= 0.3 is 0 Å². The number of piperidine rings is 1. The van der Waals surface area contributed by atoms with Gasteiger partial charge in [-0.05, 0) is 60.9 Å². The first kappa shape index (κ1) is 19.0. The van der Waals surface area contributed by atoms with Crippen molar-refractivity contribution in [2.24, 2.45) is 0 Å². The van der Waals surface area contributed by atoms with Crippen LogP contribution in [-0.4, -0.2) is 37.0 Å². The SMILES string of the molecule is COc1cccc(CN2CCC(NC(=O)[C@H]3CCCc4ccccc43)CC2)c1.